The van der Waals surface area contributed by atoms with E-state index in [1.807, 2.05) is 12.1 Å². The van der Waals surface area contributed by atoms with E-state index in [2.05, 4.69) is 4.98 Å². The Morgan fingerprint density at radius 3 is 2.59 bits per heavy atom. The lowest BCUT2D eigenvalue weighted by molar-refractivity contribution is -0.390. The van der Waals surface area contributed by atoms with Gasteiger partial charge in [0.15, 0.2) is 18.1 Å². The summed E-state index contributed by atoms with van der Waals surface area (Å²) in [4.78, 5) is 28.1. The number of carbonyl (C=O) groups is 1. The number of fused-ring (bicyclic) bond motifs is 1. The standard InChI is InChI=1S/C18H19N3O6/c1-25-15-8-12-5-7-20(10-13(12)9-16(15)26-2)17(22)11-27-14-4-3-6-19-18(14)21(23)24/h3-4,6,8-9H,5,7,10-11H2,1-2H3. The van der Waals surface area contributed by atoms with Crippen LogP contribution in [0.25, 0.3) is 0 Å². The van der Waals surface area contributed by atoms with E-state index < -0.39 is 10.7 Å². The van der Waals surface area contributed by atoms with Crippen LogP contribution in [0.4, 0.5) is 5.82 Å². The average Bonchev–Trinajstić information content (AvgIpc) is 2.70. The number of carbonyl (C=O) groups excluding carboxylic acids is 1. The third-order valence-electron chi connectivity index (χ3n) is 4.35. The Labute approximate surface area is 155 Å². The first-order valence-corrected chi connectivity index (χ1v) is 8.27. The first kappa shape index (κ1) is 18.4. The summed E-state index contributed by atoms with van der Waals surface area (Å²) in [5, 5.41) is 11.0. The molecule has 0 aliphatic carbocycles. The highest BCUT2D eigenvalue weighted by atomic mass is 16.6. The van der Waals surface area contributed by atoms with Gasteiger partial charge >= 0.3 is 5.82 Å². The number of ether oxygens (including phenoxy) is 3. The van der Waals surface area contributed by atoms with Crippen molar-refractivity contribution in [3.05, 3.63) is 51.7 Å². The molecule has 1 aliphatic heterocycles. The molecule has 0 N–H and O–H groups in total. The number of aromatic nitrogens is 1. The summed E-state index contributed by atoms with van der Waals surface area (Å²) < 4.78 is 16.0. The number of amides is 1. The summed E-state index contributed by atoms with van der Waals surface area (Å²) in [6.45, 7) is 0.641. The van der Waals surface area contributed by atoms with Gasteiger partial charge < -0.3 is 29.2 Å². The number of rotatable bonds is 6. The van der Waals surface area contributed by atoms with Crippen molar-refractivity contribution in [1.82, 2.24) is 9.88 Å². The summed E-state index contributed by atoms with van der Waals surface area (Å²) in [6, 6.07) is 6.72. The van der Waals surface area contributed by atoms with Crippen molar-refractivity contribution in [1.29, 1.82) is 0 Å². The van der Waals surface area contributed by atoms with Crippen LogP contribution in [0.1, 0.15) is 11.1 Å². The van der Waals surface area contributed by atoms with Crippen molar-refractivity contribution < 1.29 is 23.9 Å². The second-order valence-electron chi connectivity index (χ2n) is 5.91. The molecule has 2 heterocycles. The van der Waals surface area contributed by atoms with E-state index >= 15 is 0 Å². The van der Waals surface area contributed by atoms with E-state index in [-0.39, 0.29) is 18.3 Å². The first-order chi connectivity index (χ1) is 13.0. The van der Waals surface area contributed by atoms with Gasteiger partial charge in [0, 0.05) is 13.1 Å². The Balaban J connectivity index is 1.69. The van der Waals surface area contributed by atoms with Gasteiger partial charge in [-0.05, 0) is 51.7 Å². The van der Waals surface area contributed by atoms with E-state index in [0.717, 1.165) is 11.1 Å². The molecule has 27 heavy (non-hydrogen) atoms. The van der Waals surface area contributed by atoms with Gasteiger partial charge in [0.2, 0.25) is 5.75 Å². The Hall–Kier alpha value is -3.36. The third-order valence-corrected chi connectivity index (χ3v) is 4.35. The quantitative estimate of drug-likeness (QED) is 0.563. The SMILES string of the molecule is COc1cc2c(cc1OC)CN(C(=O)COc1cccnc1[N+](=O)[O-])CC2. The minimum Gasteiger partial charge on any atom is -0.493 e. The molecule has 0 saturated heterocycles. The van der Waals surface area contributed by atoms with Gasteiger partial charge in [0.25, 0.3) is 5.91 Å². The molecule has 0 unspecified atom stereocenters. The molecule has 3 rings (SSSR count). The zero-order valence-electron chi connectivity index (χ0n) is 15.0. The molecular formula is C18H19N3O6. The molecule has 1 amide bonds. The van der Waals surface area contributed by atoms with Gasteiger partial charge in [-0.25, -0.2) is 0 Å². The summed E-state index contributed by atoms with van der Waals surface area (Å²) in [5.74, 6) is 0.565. The Morgan fingerprint density at radius 1 is 1.22 bits per heavy atom. The summed E-state index contributed by atoms with van der Waals surface area (Å²) in [7, 11) is 3.14. The van der Waals surface area contributed by atoms with Gasteiger partial charge in [-0.15, -0.1) is 0 Å². The molecule has 9 heteroatoms. The number of nitro groups is 1. The number of pyridine rings is 1. The molecule has 2 aromatic rings. The third kappa shape index (κ3) is 3.91. The number of benzene rings is 1. The molecular weight excluding hydrogens is 354 g/mol. The molecule has 1 aliphatic rings. The van der Waals surface area contributed by atoms with Crippen LogP contribution < -0.4 is 14.2 Å². The maximum absolute atomic E-state index is 12.5. The highest BCUT2D eigenvalue weighted by Gasteiger charge is 2.24. The van der Waals surface area contributed by atoms with Crippen LogP contribution in [0.5, 0.6) is 17.2 Å². The molecule has 9 nitrogen and oxygen atoms in total. The number of hydrogen-bond acceptors (Lipinski definition) is 7. The van der Waals surface area contributed by atoms with Gasteiger partial charge in [-0.1, -0.05) is 0 Å². The van der Waals surface area contributed by atoms with Crippen LogP contribution in [0.2, 0.25) is 0 Å². The molecule has 142 valence electrons. The summed E-state index contributed by atoms with van der Waals surface area (Å²) >= 11 is 0. The molecule has 0 radical (unpaired) electrons. The number of methoxy groups -OCH3 is 2. The average molecular weight is 373 g/mol. The molecule has 0 fully saturated rings. The Kier molecular flexibility index (Phi) is 5.39. The van der Waals surface area contributed by atoms with Crippen molar-refractivity contribution in [3.8, 4) is 17.2 Å². The highest BCUT2D eigenvalue weighted by molar-refractivity contribution is 5.78. The maximum atomic E-state index is 12.5. The molecule has 1 aromatic heterocycles. The predicted molar refractivity (Wildman–Crippen MR) is 95.1 cm³/mol. The van der Waals surface area contributed by atoms with E-state index in [1.54, 1.807) is 19.1 Å². The summed E-state index contributed by atoms with van der Waals surface area (Å²) in [5.41, 5.74) is 2.07. The molecule has 0 bridgehead atoms. The van der Waals surface area contributed by atoms with Gasteiger partial charge in [-0.3, -0.25) is 4.79 Å². The number of hydrogen-bond donors (Lipinski definition) is 0. The van der Waals surface area contributed by atoms with Gasteiger partial charge in [-0.2, -0.15) is 0 Å². The Morgan fingerprint density at radius 2 is 1.93 bits per heavy atom. The second-order valence-corrected chi connectivity index (χ2v) is 5.91. The van der Waals surface area contributed by atoms with Crippen LogP contribution in [0.3, 0.4) is 0 Å². The Bertz CT molecular complexity index is 870. The van der Waals surface area contributed by atoms with Crippen LogP contribution >= 0.6 is 0 Å². The van der Waals surface area contributed by atoms with E-state index in [1.165, 1.54) is 18.3 Å². The first-order valence-electron chi connectivity index (χ1n) is 8.27. The van der Waals surface area contributed by atoms with Crippen molar-refractivity contribution in [2.75, 3.05) is 27.4 Å². The van der Waals surface area contributed by atoms with Crippen molar-refractivity contribution in [3.63, 3.8) is 0 Å². The van der Waals surface area contributed by atoms with E-state index in [0.29, 0.717) is 31.0 Å². The predicted octanol–water partition coefficient (Wildman–Crippen LogP) is 1.97. The van der Waals surface area contributed by atoms with Crippen molar-refractivity contribution in [2.45, 2.75) is 13.0 Å². The minimum atomic E-state index is -0.642. The number of nitrogens with zero attached hydrogens (tertiary/aromatic N) is 3. The molecule has 0 spiro atoms. The highest BCUT2D eigenvalue weighted by Crippen LogP contribution is 2.33. The van der Waals surface area contributed by atoms with Crippen LogP contribution in [-0.4, -0.2) is 48.1 Å². The van der Waals surface area contributed by atoms with E-state index in [9.17, 15) is 14.9 Å². The normalized spacial score (nSPS) is 12.9. The molecule has 0 atom stereocenters. The zero-order valence-corrected chi connectivity index (χ0v) is 15.0. The zero-order chi connectivity index (χ0) is 19.4. The van der Waals surface area contributed by atoms with Gasteiger partial charge in [0.05, 0.1) is 14.2 Å². The van der Waals surface area contributed by atoms with Crippen LogP contribution in [0.15, 0.2) is 30.5 Å². The van der Waals surface area contributed by atoms with Crippen molar-refractivity contribution >= 4 is 11.7 Å². The monoisotopic (exact) mass is 373 g/mol. The minimum absolute atomic E-state index is 0.0281. The lowest BCUT2D eigenvalue weighted by Crippen LogP contribution is -2.38. The second kappa shape index (κ2) is 7.90. The lowest BCUT2D eigenvalue weighted by Gasteiger charge is -2.29. The fourth-order valence-corrected chi connectivity index (χ4v) is 2.96. The maximum Gasteiger partial charge on any atom is 0.406 e. The largest absolute Gasteiger partial charge is 0.493 e. The van der Waals surface area contributed by atoms with E-state index in [4.69, 9.17) is 14.2 Å². The molecule has 1 aromatic carbocycles. The van der Waals surface area contributed by atoms with Crippen LogP contribution in [0, 0.1) is 10.1 Å². The fourth-order valence-electron chi connectivity index (χ4n) is 2.96. The fraction of sp³-hybridized carbons (Fsp3) is 0.333. The molecule has 0 saturated carbocycles. The van der Waals surface area contributed by atoms with Crippen LogP contribution in [-0.2, 0) is 17.8 Å². The summed E-state index contributed by atoms with van der Waals surface area (Å²) in [6.07, 6.45) is 1.98. The topological polar surface area (TPSA) is 104 Å². The lowest BCUT2D eigenvalue weighted by atomic mass is 9.99. The van der Waals surface area contributed by atoms with Gasteiger partial charge in [0.1, 0.15) is 6.20 Å². The van der Waals surface area contributed by atoms with Crippen molar-refractivity contribution in [2.24, 2.45) is 0 Å². The smallest absolute Gasteiger partial charge is 0.406 e.